The van der Waals surface area contributed by atoms with Crippen LogP contribution in [0, 0.1) is 5.82 Å². The van der Waals surface area contributed by atoms with Crippen molar-refractivity contribution in [2.24, 2.45) is 0 Å². The maximum absolute atomic E-state index is 13.9. The van der Waals surface area contributed by atoms with Crippen LogP contribution in [0.2, 0.25) is 5.02 Å². The molecule has 0 aliphatic rings. The molecule has 3 aromatic rings. The first-order valence-electron chi connectivity index (χ1n) is 9.83. The summed E-state index contributed by atoms with van der Waals surface area (Å²) in [5.41, 5.74) is 1.19. The average Bonchev–Trinajstić information content (AvgIpc) is 2.80. The first-order valence-corrected chi connectivity index (χ1v) is 11.7. The van der Waals surface area contributed by atoms with Gasteiger partial charge in [0.2, 0.25) is 5.91 Å². The second-order valence-electron chi connectivity index (χ2n) is 7.10. The molecule has 0 heterocycles. The van der Waals surface area contributed by atoms with Crippen LogP contribution in [0.4, 0.5) is 10.1 Å². The SMILES string of the molecule is COc1ccccc1NS(=O)(=O)c1ccc(/C=C/C(=O)N(C)Cc2c(F)cccc2Cl)cc1. The van der Waals surface area contributed by atoms with E-state index >= 15 is 0 Å². The van der Waals surface area contributed by atoms with Crippen LogP contribution in [0.25, 0.3) is 6.08 Å². The van der Waals surface area contributed by atoms with Gasteiger partial charge in [-0.1, -0.05) is 41.9 Å². The number of nitrogens with one attached hydrogen (secondary N) is 1. The van der Waals surface area contributed by atoms with E-state index < -0.39 is 15.8 Å². The van der Waals surface area contributed by atoms with Crippen molar-refractivity contribution in [1.82, 2.24) is 4.90 Å². The molecule has 172 valence electrons. The molecule has 0 saturated carbocycles. The summed E-state index contributed by atoms with van der Waals surface area (Å²) in [6.07, 6.45) is 2.87. The lowest BCUT2D eigenvalue weighted by molar-refractivity contribution is -0.125. The van der Waals surface area contributed by atoms with E-state index in [0.29, 0.717) is 17.0 Å². The van der Waals surface area contributed by atoms with Crippen molar-refractivity contribution in [3.8, 4) is 5.75 Å². The molecule has 0 aliphatic carbocycles. The molecule has 1 amide bonds. The molecule has 6 nitrogen and oxygen atoms in total. The fourth-order valence-corrected chi connectivity index (χ4v) is 4.28. The lowest BCUT2D eigenvalue weighted by Crippen LogP contribution is -2.24. The zero-order valence-electron chi connectivity index (χ0n) is 18.0. The zero-order chi connectivity index (χ0) is 24.0. The number of carbonyl (C=O) groups is 1. The lowest BCUT2D eigenvalue weighted by Gasteiger charge is -2.16. The molecule has 3 aromatic carbocycles. The third-order valence-corrected chi connectivity index (χ3v) is 6.53. The molecule has 0 radical (unpaired) electrons. The van der Waals surface area contributed by atoms with E-state index in [-0.39, 0.29) is 27.9 Å². The molecule has 0 saturated heterocycles. The van der Waals surface area contributed by atoms with Crippen LogP contribution >= 0.6 is 11.6 Å². The number of likely N-dealkylation sites (N-methyl/N-ethyl adjacent to an activating group) is 1. The molecular weight excluding hydrogens is 467 g/mol. The number of ether oxygens (including phenoxy) is 1. The first-order chi connectivity index (χ1) is 15.7. The minimum atomic E-state index is -3.83. The normalized spacial score (nSPS) is 11.4. The molecule has 0 aromatic heterocycles. The van der Waals surface area contributed by atoms with Crippen LogP contribution in [-0.4, -0.2) is 33.4 Å². The molecule has 0 spiro atoms. The maximum Gasteiger partial charge on any atom is 0.262 e. The lowest BCUT2D eigenvalue weighted by atomic mass is 10.2. The van der Waals surface area contributed by atoms with Gasteiger partial charge in [0.05, 0.1) is 17.7 Å². The molecule has 0 unspecified atom stereocenters. The quantitative estimate of drug-likeness (QED) is 0.455. The Kier molecular flexibility index (Phi) is 7.73. The number of benzene rings is 3. The Bertz CT molecular complexity index is 1260. The Morgan fingerprint density at radius 1 is 1.09 bits per heavy atom. The van der Waals surface area contributed by atoms with Crippen molar-refractivity contribution in [2.45, 2.75) is 11.4 Å². The fourth-order valence-electron chi connectivity index (χ4n) is 2.98. The second kappa shape index (κ2) is 10.5. The number of hydrogen-bond acceptors (Lipinski definition) is 4. The van der Waals surface area contributed by atoms with Crippen molar-refractivity contribution in [3.05, 3.63) is 94.8 Å². The molecule has 0 atom stereocenters. The van der Waals surface area contributed by atoms with E-state index in [9.17, 15) is 17.6 Å². The molecule has 3 rings (SSSR count). The van der Waals surface area contributed by atoms with Crippen molar-refractivity contribution < 1.29 is 22.3 Å². The van der Waals surface area contributed by atoms with Crippen LogP contribution in [-0.2, 0) is 21.4 Å². The number of halogens is 2. The van der Waals surface area contributed by atoms with E-state index in [1.165, 1.54) is 49.4 Å². The number of sulfonamides is 1. The number of para-hydroxylation sites is 2. The van der Waals surface area contributed by atoms with Crippen LogP contribution in [0.3, 0.4) is 0 Å². The third-order valence-electron chi connectivity index (χ3n) is 4.79. The first kappa shape index (κ1) is 24.3. The van der Waals surface area contributed by atoms with Gasteiger partial charge in [0.25, 0.3) is 10.0 Å². The van der Waals surface area contributed by atoms with Gasteiger partial charge in [0.1, 0.15) is 11.6 Å². The maximum atomic E-state index is 13.9. The monoisotopic (exact) mass is 488 g/mol. The Hall–Kier alpha value is -3.36. The van der Waals surface area contributed by atoms with Gasteiger partial charge < -0.3 is 9.64 Å². The molecule has 9 heteroatoms. The molecule has 0 fully saturated rings. The van der Waals surface area contributed by atoms with Crippen LogP contribution in [0.15, 0.2) is 77.7 Å². The van der Waals surface area contributed by atoms with Crippen molar-refractivity contribution in [1.29, 1.82) is 0 Å². The summed E-state index contributed by atoms with van der Waals surface area (Å²) in [5, 5.41) is 0.247. The minimum absolute atomic E-state index is 0.0144. The third kappa shape index (κ3) is 6.12. The van der Waals surface area contributed by atoms with Gasteiger partial charge in [0.15, 0.2) is 0 Å². The molecule has 0 aliphatic heterocycles. The van der Waals surface area contributed by atoms with E-state index in [4.69, 9.17) is 16.3 Å². The summed E-state index contributed by atoms with van der Waals surface area (Å²) in [5.74, 6) is -0.437. The van der Waals surface area contributed by atoms with E-state index in [1.54, 1.807) is 48.5 Å². The number of anilines is 1. The van der Waals surface area contributed by atoms with Crippen LogP contribution in [0.1, 0.15) is 11.1 Å². The Morgan fingerprint density at radius 3 is 2.45 bits per heavy atom. The van der Waals surface area contributed by atoms with Gasteiger partial charge in [-0.15, -0.1) is 0 Å². The highest BCUT2D eigenvalue weighted by Crippen LogP contribution is 2.26. The predicted molar refractivity (Wildman–Crippen MR) is 127 cm³/mol. The standard InChI is InChI=1S/C24H22ClFN2O4S/c1-28(16-19-20(25)6-5-7-21(19)26)24(29)15-12-17-10-13-18(14-11-17)33(30,31)27-22-8-3-4-9-23(22)32-2/h3-15,27H,16H2,1-2H3/b15-12+. The summed E-state index contributed by atoms with van der Waals surface area (Å²) in [6.45, 7) is 0.0144. The predicted octanol–water partition coefficient (Wildman–Crippen LogP) is 4.96. The van der Waals surface area contributed by atoms with E-state index in [2.05, 4.69) is 4.72 Å². The van der Waals surface area contributed by atoms with E-state index in [1.807, 2.05) is 0 Å². The van der Waals surface area contributed by atoms with E-state index in [0.717, 1.165) is 0 Å². The molecule has 33 heavy (non-hydrogen) atoms. The highest BCUT2D eigenvalue weighted by Gasteiger charge is 2.16. The second-order valence-corrected chi connectivity index (χ2v) is 9.19. The largest absolute Gasteiger partial charge is 0.495 e. The summed E-state index contributed by atoms with van der Waals surface area (Å²) in [6, 6.07) is 17.1. The zero-order valence-corrected chi connectivity index (χ0v) is 19.5. The van der Waals surface area contributed by atoms with Crippen molar-refractivity contribution in [2.75, 3.05) is 18.9 Å². The number of rotatable bonds is 8. The topological polar surface area (TPSA) is 75.7 Å². The molecule has 0 bridgehead atoms. The van der Waals surface area contributed by atoms with Gasteiger partial charge in [-0.25, -0.2) is 12.8 Å². The van der Waals surface area contributed by atoms with Crippen LogP contribution < -0.4 is 9.46 Å². The number of amides is 1. The van der Waals surface area contributed by atoms with Gasteiger partial charge in [-0.3, -0.25) is 9.52 Å². The number of hydrogen-bond donors (Lipinski definition) is 1. The summed E-state index contributed by atoms with van der Waals surface area (Å²) < 4.78 is 47.0. The summed E-state index contributed by atoms with van der Waals surface area (Å²) >= 11 is 6.01. The van der Waals surface area contributed by atoms with Gasteiger partial charge >= 0.3 is 0 Å². The number of nitrogens with zero attached hydrogens (tertiary/aromatic N) is 1. The van der Waals surface area contributed by atoms with Crippen LogP contribution in [0.5, 0.6) is 5.75 Å². The Balaban J connectivity index is 1.67. The number of carbonyl (C=O) groups excluding carboxylic acids is 1. The van der Waals surface area contributed by atoms with Crippen molar-refractivity contribution in [3.63, 3.8) is 0 Å². The molecule has 1 N–H and O–H groups in total. The Morgan fingerprint density at radius 2 is 1.79 bits per heavy atom. The highest BCUT2D eigenvalue weighted by molar-refractivity contribution is 7.92. The highest BCUT2D eigenvalue weighted by atomic mass is 35.5. The minimum Gasteiger partial charge on any atom is -0.495 e. The van der Waals surface area contributed by atoms with Gasteiger partial charge in [-0.05, 0) is 48.0 Å². The fraction of sp³-hybridized carbons (Fsp3) is 0.125. The summed E-state index contributed by atoms with van der Waals surface area (Å²) in [7, 11) is -0.835. The average molecular weight is 489 g/mol. The molecular formula is C24H22ClFN2O4S. The number of methoxy groups -OCH3 is 1. The van der Waals surface area contributed by atoms with Gasteiger partial charge in [-0.2, -0.15) is 0 Å². The smallest absolute Gasteiger partial charge is 0.262 e. The Labute approximate surface area is 197 Å². The summed E-state index contributed by atoms with van der Waals surface area (Å²) in [4.78, 5) is 13.8. The van der Waals surface area contributed by atoms with Crippen molar-refractivity contribution >= 4 is 39.3 Å². The van der Waals surface area contributed by atoms with Gasteiger partial charge in [0, 0.05) is 30.3 Å².